The van der Waals surface area contributed by atoms with Crippen LogP contribution in [-0.2, 0) is 4.74 Å². The summed E-state index contributed by atoms with van der Waals surface area (Å²) >= 11 is 0. The molecular weight excluding hydrogens is 484 g/mol. The molecule has 0 radical (unpaired) electrons. The monoisotopic (exact) mass is 512 g/mol. The third kappa shape index (κ3) is 5.20. The molecule has 1 aromatic heterocycles. The normalized spacial score (nSPS) is 12.0. The van der Waals surface area contributed by atoms with E-state index in [2.05, 4.69) is 0 Å². The van der Waals surface area contributed by atoms with Gasteiger partial charge >= 0.3 is 11.9 Å². The minimum absolute atomic E-state index is 0.0278. The molecule has 2 N–H and O–H groups in total. The fraction of sp³-hybridized carbons (Fsp3) is 0.200. The van der Waals surface area contributed by atoms with Crippen LogP contribution in [-0.4, -0.2) is 43.9 Å². The van der Waals surface area contributed by atoms with Crippen LogP contribution in [0.15, 0.2) is 71.7 Å². The number of esters is 1. The van der Waals surface area contributed by atoms with E-state index in [4.69, 9.17) is 9.73 Å². The van der Waals surface area contributed by atoms with Crippen LogP contribution in [0.2, 0.25) is 0 Å². The molecule has 3 aromatic carbocycles. The fourth-order valence-corrected chi connectivity index (χ4v) is 4.21. The van der Waals surface area contributed by atoms with E-state index in [0.717, 1.165) is 4.57 Å². The van der Waals surface area contributed by atoms with Crippen LogP contribution in [0.3, 0.4) is 0 Å². The van der Waals surface area contributed by atoms with Crippen molar-refractivity contribution < 1.29 is 29.3 Å². The minimum Gasteiger partial charge on any atom is -0.494 e. The number of nitrogens with zero attached hydrogens (tertiary/aromatic N) is 2. The van der Waals surface area contributed by atoms with Gasteiger partial charge in [-0.3, -0.25) is 9.36 Å². The second kappa shape index (κ2) is 9.97. The largest absolute Gasteiger partial charge is 0.494 e. The number of carboxylic acids is 1. The van der Waals surface area contributed by atoms with Gasteiger partial charge in [0.2, 0.25) is 11.8 Å². The molecule has 0 aliphatic rings. The lowest BCUT2D eigenvalue weighted by Gasteiger charge is -2.19. The van der Waals surface area contributed by atoms with Gasteiger partial charge in [-0.1, -0.05) is 30.3 Å². The number of aromatic hydroxyl groups is 1. The number of rotatable bonds is 5. The summed E-state index contributed by atoms with van der Waals surface area (Å²) in [7, 11) is 0. The third-order valence-electron chi connectivity index (χ3n) is 5.86. The second-order valence-electron chi connectivity index (χ2n) is 9.92. The SMILES string of the molecule is CC(=O)n1c(O)c(C(=Nc2ccc(C(=O)OC(C)(C)C)cc2)c2ccccc2)c2cc(C)c(C(=O)O)cc21. The Balaban J connectivity index is 1.94. The van der Waals surface area contributed by atoms with E-state index in [1.165, 1.54) is 13.0 Å². The zero-order valence-electron chi connectivity index (χ0n) is 21.8. The molecule has 0 bridgehead atoms. The molecule has 38 heavy (non-hydrogen) atoms. The quantitative estimate of drug-likeness (QED) is 0.245. The van der Waals surface area contributed by atoms with Crippen LogP contribution in [0.25, 0.3) is 10.9 Å². The number of carboxylic acid groups (broad SMARTS) is 1. The number of aliphatic imine (C=N–C) groups is 1. The number of fused-ring (bicyclic) bond motifs is 1. The molecule has 8 heteroatoms. The van der Waals surface area contributed by atoms with Crippen molar-refractivity contribution in [2.24, 2.45) is 4.99 Å². The molecule has 1 heterocycles. The number of hydrogen-bond acceptors (Lipinski definition) is 6. The molecule has 0 atom stereocenters. The summed E-state index contributed by atoms with van der Waals surface area (Å²) in [5.74, 6) is -2.41. The lowest BCUT2D eigenvalue weighted by Crippen LogP contribution is -2.23. The third-order valence-corrected chi connectivity index (χ3v) is 5.86. The van der Waals surface area contributed by atoms with Crippen LogP contribution in [0.1, 0.15) is 69.9 Å². The molecule has 0 spiro atoms. The highest BCUT2D eigenvalue weighted by atomic mass is 16.6. The average molecular weight is 513 g/mol. The van der Waals surface area contributed by atoms with Gasteiger partial charge < -0.3 is 14.9 Å². The standard InChI is InChI=1S/C30H28N2O6/c1-17-15-23-24(16-22(17)28(35)36)32(18(2)33)27(34)25(23)26(19-9-7-6-8-10-19)31-21-13-11-20(12-14-21)29(37)38-30(3,4)5/h6-16,34H,1-5H3,(H,35,36). The van der Waals surface area contributed by atoms with Gasteiger partial charge in [0.15, 0.2) is 0 Å². The van der Waals surface area contributed by atoms with Gasteiger partial charge in [0, 0.05) is 17.9 Å². The van der Waals surface area contributed by atoms with Gasteiger partial charge in [0.1, 0.15) is 5.60 Å². The Morgan fingerprint density at radius 2 is 1.55 bits per heavy atom. The fourth-order valence-electron chi connectivity index (χ4n) is 4.21. The van der Waals surface area contributed by atoms with E-state index < -0.39 is 23.4 Å². The number of aromatic nitrogens is 1. The predicted molar refractivity (Wildman–Crippen MR) is 145 cm³/mol. The van der Waals surface area contributed by atoms with Gasteiger partial charge in [-0.25, -0.2) is 14.6 Å². The number of aromatic carboxylic acids is 1. The molecule has 4 aromatic rings. The minimum atomic E-state index is -1.14. The molecule has 0 saturated carbocycles. The van der Waals surface area contributed by atoms with Crippen molar-refractivity contribution in [2.45, 2.75) is 40.2 Å². The number of carbonyl (C=O) groups is 3. The highest BCUT2D eigenvalue weighted by Crippen LogP contribution is 2.36. The average Bonchev–Trinajstić information content (AvgIpc) is 3.12. The van der Waals surface area contributed by atoms with Crippen LogP contribution < -0.4 is 0 Å². The second-order valence-corrected chi connectivity index (χ2v) is 9.92. The van der Waals surface area contributed by atoms with Crippen molar-refractivity contribution in [3.05, 3.63) is 94.5 Å². The maximum atomic E-state index is 12.5. The van der Waals surface area contributed by atoms with Gasteiger partial charge in [-0.15, -0.1) is 0 Å². The molecule has 0 amide bonds. The Bertz CT molecular complexity index is 1590. The zero-order chi connectivity index (χ0) is 27.8. The molecule has 0 saturated heterocycles. The summed E-state index contributed by atoms with van der Waals surface area (Å²) in [5, 5.41) is 21.4. The van der Waals surface area contributed by atoms with Crippen LogP contribution in [0.5, 0.6) is 5.88 Å². The number of ether oxygens (including phenoxy) is 1. The molecule has 0 aliphatic carbocycles. The molecular formula is C30H28N2O6. The van der Waals surface area contributed by atoms with Gasteiger partial charge in [0.25, 0.3) is 0 Å². The first-order valence-electron chi connectivity index (χ1n) is 12.0. The maximum absolute atomic E-state index is 12.5. The first kappa shape index (κ1) is 26.3. The predicted octanol–water partition coefficient (Wildman–Crippen LogP) is 6.14. The number of benzene rings is 3. The van der Waals surface area contributed by atoms with Crippen LogP contribution in [0.4, 0.5) is 5.69 Å². The van der Waals surface area contributed by atoms with Crippen LogP contribution >= 0.6 is 0 Å². The van der Waals surface area contributed by atoms with Crippen LogP contribution in [0, 0.1) is 6.92 Å². The van der Waals surface area contributed by atoms with Crippen molar-refractivity contribution in [1.29, 1.82) is 0 Å². The smallest absolute Gasteiger partial charge is 0.338 e. The van der Waals surface area contributed by atoms with Crippen molar-refractivity contribution in [3.8, 4) is 5.88 Å². The maximum Gasteiger partial charge on any atom is 0.338 e. The molecule has 0 fully saturated rings. The molecule has 0 unspecified atom stereocenters. The van der Waals surface area contributed by atoms with Gasteiger partial charge in [-0.05, 0) is 69.7 Å². The molecule has 8 nitrogen and oxygen atoms in total. The Kier molecular flexibility index (Phi) is 6.91. The van der Waals surface area contributed by atoms with Crippen molar-refractivity contribution in [2.75, 3.05) is 0 Å². The lowest BCUT2D eigenvalue weighted by molar-refractivity contribution is 0.00692. The topological polar surface area (TPSA) is 118 Å². The van der Waals surface area contributed by atoms with E-state index in [9.17, 15) is 24.6 Å². The van der Waals surface area contributed by atoms with E-state index >= 15 is 0 Å². The Labute approximate surface area is 219 Å². The number of carbonyl (C=O) groups excluding carboxylic acids is 2. The van der Waals surface area contributed by atoms with Crippen molar-refractivity contribution >= 4 is 40.1 Å². The van der Waals surface area contributed by atoms with Crippen molar-refractivity contribution in [1.82, 2.24) is 4.57 Å². The Morgan fingerprint density at radius 1 is 0.921 bits per heavy atom. The molecule has 194 valence electrons. The van der Waals surface area contributed by atoms with Gasteiger partial charge in [0.05, 0.1) is 33.6 Å². The summed E-state index contributed by atoms with van der Waals surface area (Å²) in [5.41, 5.74) is 2.33. The summed E-state index contributed by atoms with van der Waals surface area (Å²) in [6, 6.07) is 18.7. The van der Waals surface area contributed by atoms with E-state index in [1.807, 2.05) is 30.3 Å². The summed E-state index contributed by atoms with van der Waals surface area (Å²) in [4.78, 5) is 41.6. The summed E-state index contributed by atoms with van der Waals surface area (Å²) in [6.45, 7) is 8.32. The van der Waals surface area contributed by atoms with E-state index in [1.54, 1.807) is 58.0 Å². The Morgan fingerprint density at radius 3 is 2.11 bits per heavy atom. The van der Waals surface area contributed by atoms with E-state index in [0.29, 0.717) is 33.5 Å². The zero-order valence-corrected chi connectivity index (χ0v) is 21.8. The number of aryl methyl sites for hydroxylation is 1. The summed E-state index contributed by atoms with van der Waals surface area (Å²) in [6.07, 6.45) is 0. The van der Waals surface area contributed by atoms with Crippen molar-refractivity contribution in [3.63, 3.8) is 0 Å². The summed E-state index contributed by atoms with van der Waals surface area (Å²) < 4.78 is 6.51. The highest BCUT2D eigenvalue weighted by Gasteiger charge is 2.26. The molecule has 0 aliphatic heterocycles. The number of hydrogen-bond donors (Lipinski definition) is 2. The Hall–Kier alpha value is -4.72. The first-order chi connectivity index (χ1) is 17.9. The lowest BCUT2D eigenvalue weighted by atomic mass is 9.98. The highest BCUT2D eigenvalue weighted by molar-refractivity contribution is 6.23. The van der Waals surface area contributed by atoms with Gasteiger partial charge in [-0.2, -0.15) is 0 Å². The molecule has 4 rings (SSSR count). The van der Waals surface area contributed by atoms with E-state index in [-0.39, 0.29) is 22.5 Å². The first-order valence-corrected chi connectivity index (χ1v) is 12.0.